The number of halogens is 3. The maximum atomic E-state index is 17.1. The Morgan fingerprint density at radius 2 is 1.50 bits per heavy atom. The maximum absolute atomic E-state index is 17.1. The van der Waals surface area contributed by atoms with Crippen LogP contribution in [0, 0.1) is 0 Å². The van der Waals surface area contributed by atoms with Crippen molar-refractivity contribution in [2.75, 3.05) is 6.54 Å². The molecule has 0 amide bonds. The van der Waals surface area contributed by atoms with Gasteiger partial charge >= 0.3 is 5.97 Å². The molecule has 6 heteroatoms. The summed E-state index contributed by atoms with van der Waals surface area (Å²) in [5.41, 5.74) is -0.102. The van der Waals surface area contributed by atoms with Gasteiger partial charge < -0.3 is 10.1 Å². The number of esters is 1. The highest BCUT2D eigenvalue weighted by Gasteiger charge is 2.57. The summed E-state index contributed by atoms with van der Waals surface area (Å²) >= 11 is 6.09. The quantitative estimate of drug-likeness (QED) is 0.377. The van der Waals surface area contributed by atoms with Gasteiger partial charge in [-0.2, -0.15) is 0 Å². The average molecular weight is 502 g/mol. The van der Waals surface area contributed by atoms with Gasteiger partial charge in [0.15, 0.2) is 11.8 Å². The summed E-state index contributed by atoms with van der Waals surface area (Å²) in [5, 5.41) is 4.14. The largest absolute Gasteiger partial charge is 0.457 e. The number of benzene rings is 3. The lowest BCUT2D eigenvalue weighted by molar-refractivity contribution is -0.175. The molecule has 3 nitrogen and oxygen atoms in total. The van der Waals surface area contributed by atoms with Crippen molar-refractivity contribution in [3.63, 3.8) is 0 Å². The second-order valence-corrected chi connectivity index (χ2v) is 9.19. The molecule has 0 aromatic heterocycles. The fourth-order valence-corrected chi connectivity index (χ4v) is 5.02. The third-order valence-electron chi connectivity index (χ3n) is 6.47. The zero-order valence-corrected chi connectivity index (χ0v) is 20.7. The predicted molar refractivity (Wildman–Crippen MR) is 137 cm³/mol. The number of carbonyl (C=O) groups excluding carboxylic acids is 1. The zero-order valence-electron chi connectivity index (χ0n) is 19.2. The Hall–Kier alpha value is -2.40. The number of ether oxygens (including phenoxy) is 1. The van der Waals surface area contributed by atoms with E-state index in [9.17, 15) is 4.79 Å². The van der Waals surface area contributed by atoms with Crippen molar-refractivity contribution in [3.05, 3.63) is 107 Å². The number of hydrogen-bond acceptors (Lipinski definition) is 3. The lowest BCUT2D eigenvalue weighted by Gasteiger charge is -2.51. The minimum Gasteiger partial charge on any atom is -0.457 e. The Labute approximate surface area is 212 Å². The second-order valence-electron chi connectivity index (χ2n) is 8.75. The van der Waals surface area contributed by atoms with Crippen molar-refractivity contribution in [2.45, 2.75) is 49.9 Å². The summed E-state index contributed by atoms with van der Waals surface area (Å²) in [6, 6.07) is 26.7. The van der Waals surface area contributed by atoms with Gasteiger partial charge in [0, 0.05) is 17.9 Å². The Kier molecular flexibility index (Phi) is 8.75. The Morgan fingerprint density at radius 3 is 2.00 bits per heavy atom. The molecule has 1 aliphatic heterocycles. The van der Waals surface area contributed by atoms with Crippen molar-refractivity contribution in [3.8, 4) is 0 Å². The van der Waals surface area contributed by atoms with Gasteiger partial charge in [0.05, 0.1) is 5.54 Å². The van der Waals surface area contributed by atoms with E-state index in [4.69, 9.17) is 16.3 Å². The van der Waals surface area contributed by atoms with Gasteiger partial charge in [0.25, 0.3) is 0 Å². The van der Waals surface area contributed by atoms with E-state index in [0.717, 1.165) is 11.1 Å². The smallest absolute Gasteiger partial charge is 0.305 e. The van der Waals surface area contributed by atoms with Gasteiger partial charge in [0.1, 0.15) is 0 Å². The van der Waals surface area contributed by atoms with Crippen LogP contribution in [0.15, 0.2) is 84.9 Å². The van der Waals surface area contributed by atoms with Crippen LogP contribution in [-0.4, -0.2) is 24.2 Å². The normalized spacial score (nSPS) is 21.3. The van der Waals surface area contributed by atoms with E-state index >= 15 is 4.39 Å². The molecular weight excluding hydrogens is 472 g/mol. The number of rotatable bonds is 7. The van der Waals surface area contributed by atoms with Gasteiger partial charge in [-0.25, -0.2) is 4.39 Å². The summed E-state index contributed by atoms with van der Waals surface area (Å²) < 4.78 is 23.1. The third kappa shape index (κ3) is 5.63. The Balaban J connectivity index is 0.00000324. The highest BCUT2D eigenvalue weighted by atomic mass is 35.5. The van der Waals surface area contributed by atoms with Crippen molar-refractivity contribution in [1.29, 1.82) is 0 Å². The minimum atomic E-state index is -1.86. The fraction of sp³-hybridized carbons (Fsp3) is 0.321. The van der Waals surface area contributed by atoms with Crippen LogP contribution in [-0.2, 0) is 28.0 Å². The topological polar surface area (TPSA) is 38.3 Å². The van der Waals surface area contributed by atoms with Gasteiger partial charge in [0.2, 0.25) is 0 Å². The molecule has 3 aromatic carbocycles. The predicted octanol–water partition coefficient (Wildman–Crippen LogP) is 6.47. The monoisotopic (exact) mass is 501 g/mol. The average Bonchev–Trinajstić information content (AvgIpc) is 2.83. The molecule has 0 bridgehead atoms. The van der Waals surface area contributed by atoms with E-state index in [-0.39, 0.29) is 25.2 Å². The van der Waals surface area contributed by atoms with E-state index in [2.05, 4.69) is 5.32 Å². The van der Waals surface area contributed by atoms with Crippen LogP contribution in [0.5, 0.6) is 0 Å². The molecule has 0 saturated carbocycles. The van der Waals surface area contributed by atoms with Crippen LogP contribution < -0.4 is 5.32 Å². The van der Waals surface area contributed by atoms with Crippen LogP contribution >= 0.6 is 24.0 Å². The van der Waals surface area contributed by atoms with Gasteiger partial charge in [-0.05, 0) is 48.2 Å². The number of carbonyl (C=O) groups is 1. The summed E-state index contributed by atoms with van der Waals surface area (Å²) in [4.78, 5) is 12.6. The molecule has 1 N–H and O–H groups in total. The zero-order chi connectivity index (χ0) is 23.3. The summed E-state index contributed by atoms with van der Waals surface area (Å²) in [7, 11) is 0. The summed E-state index contributed by atoms with van der Waals surface area (Å²) in [6.45, 7) is 2.19. The first-order valence-electron chi connectivity index (χ1n) is 11.4. The molecule has 1 saturated heterocycles. The van der Waals surface area contributed by atoms with Gasteiger partial charge in [-0.1, -0.05) is 91.3 Å². The van der Waals surface area contributed by atoms with Crippen LogP contribution in [0.2, 0.25) is 5.02 Å². The molecule has 3 aromatic rings. The minimum absolute atomic E-state index is 0. The maximum Gasteiger partial charge on any atom is 0.305 e. The van der Waals surface area contributed by atoms with E-state index in [1.165, 1.54) is 0 Å². The summed E-state index contributed by atoms with van der Waals surface area (Å²) in [5.74, 6) is -0.412. The van der Waals surface area contributed by atoms with Crippen LogP contribution in [0.25, 0.3) is 0 Å². The lowest BCUT2D eigenvalue weighted by Crippen LogP contribution is -2.69. The van der Waals surface area contributed by atoms with Crippen molar-refractivity contribution < 1.29 is 13.9 Å². The van der Waals surface area contributed by atoms with Crippen molar-refractivity contribution in [1.82, 2.24) is 5.32 Å². The number of nitrogens with one attached hydrogen (secondary N) is 1. The molecule has 1 heterocycles. The number of alkyl halides is 1. The summed E-state index contributed by atoms with van der Waals surface area (Å²) in [6.07, 6.45) is 0.391. The molecule has 1 fully saturated rings. The molecule has 34 heavy (non-hydrogen) atoms. The number of piperidine rings is 1. The molecule has 4 rings (SSSR count). The van der Waals surface area contributed by atoms with Gasteiger partial charge in [-0.15, -0.1) is 12.4 Å². The number of hydrogen-bond donors (Lipinski definition) is 1. The molecule has 2 unspecified atom stereocenters. The van der Waals surface area contributed by atoms with Crippen molar-refractivity contribution in [2.24, 2.45) is 0 Å². The van der Waals surface area contributed by atoms with Crippen LogP contribution in [0.4, 0.5) is 4.39 Å². The van der Waals surface area contributed by atoms with Crippen molar-refractivity contribution >= 4 is 30.0 Å². The fourth-order valence-electron chi connectivity index (χ4n) is 4.89. The molecule has 0 radical (unpaired) electrons. The van der Waals surface area contributed by atoms with Crippen LogP contribution in [0.1, 0.15) is 36.5 Å². The first kappa shape index (κ1) is 26.2. The molecule has 0 spiro atoms. The molecular formula is C28H30Cl2FNO2. The highest BCUT2D eigenvalue weighted by molar-refractivity contribution is 6.30. The highest BCUT2D eigenvalue weighted by Crippen LogP contribution is 2.45. The first-order valence-corrected chi connectivity index (χ1v) is 11.8. The molecule has 180 valence electrons. The molecule has 2 atom stereocenters. The second kappa shape index (κ2) is 11.4. The lowest BCUT2D eigenvalue weighted by atomic mass is 9.68. The standard InChI is InChI=1S/C28H29ClFNO2.ClH/c1-2-25(32)33-26-27(19-21-9-5-3-6-10-21,20-22-11-7-4-8-12-22)31-18-17-28(26,30)23-13-15-24(29)16-14-23;/h3-16,26,31H,2,17-20H2,1H3;1H. The van der Waals surface area contributed by atoms with E-state index in [1.807, 2.05) is 60.7 Å². The molecule has 0 aliphatic carbocycles. The van der Waals surface area contributed by atoms with E-state index in [1.54, 1.807) is 31.2 Å². The molecule has 1 aliphatic rings. The van der Waals surface area contributed by atoms with Gasteiger partial charge in [-0.3, -0.25) is 4.79 Å². The van der Waals surface area contributed by atoms with E-state index in [0.29, 0.717) is 30.0 Å². The SMILES string of the molecule is CCC(=O)OC1C(Cc2ccccc2)(Cc2ccccc2)NCCC1(F)c1ccc(Cl)cc1.Cl. The Bertz CT molecular complexity index is 1020. The van der Waals surface area contributed by atoms with E-state index < -0.39 is 23.3 Å². The Morgan fingerprint density at radius 1 is 0.971 bits per heavy atom. The third-order valence-corrected chi connectivity index (χ3v) is 6.72. The van der Waals surface area contributed by atoms with Crippen LogP contribution in [0.3, 0.4) is 0 Å². The first-order chi connectivity index (χ1) is 15.9.